The number of nitrogens with zero attached hydrogens (tertiary/aromatic N) is 6. The van der Waals surface area contributed by atoms with Crippen LogP contribution < -0.4 is 9.64 Å². The van der Waals surface area contributed by atoms with Gasteiger partial charge in [-0.1, -0.05) is 31.9 Å². The highest BCUT2D eigenvalue weighted by molar-refractivity contribution is 6.02. The molecule has 4 fully saturated rings. The van der Waals surface area contributed by atoms with Crippen molar-refractivity contribution in [2.45, 2.75) is 69.7 Å². The number of carbonyl (C=O) groups is 2. The number of phenolic OH excluding ortho intramolecular Hbond substituents is 1. The minimum absolute atomic E-state index is 0.0404. The van der Waals surface area contributed by atoms with E-state index in [1.807, 2.05) is 4.90 Å². The van der Waals surface area contributed by atoms with Crippen molar-refractivity contribution >= 4 is 39.6 Å². The topological polar surface area (TPSA) is 130 Å². The number of ether oxygens (including phenoxy) is 3. The van der Waals surface area contributed by atoms with Crippen LogP contribution in [0.15, 0.2) is 36.5 Å². The van der Waals surface area contributed by atoms with Crippen molar-refractivity contribution in [2.75, 3.05) is 44.5 Å². The molecular formula is C39H40F2N6O6. The molecule has 2 aromatic heterocycles. The second kappa shape index (κ2) is 13.6. The van der Waals surface area contributed by atoms with E-state index in [-0.39, 0.29) is 47.6 Å². The molecule has 2 aromatic carbocycles. The molecule has 4 atom stereocenters. The van der Waals surface area contributed by atoms with E-state index in [2.05, 4.69) is 20.8 Å². The molecule has 4 aromatic rings. The average Bonchev–Trinajstić information content (AvgIpc) is 3.76. The number of hydrogen-bond donors (Lipinski definition) is 1. The van der Waals surface area contributed by atoms with Crippen molar-refractivity contribution < 1.29 is 37.7 Å². The quantitative estimate of drug-likeness (QED) is 0.139. The summed E-state index contributed by atoms with van der Waals surface area (Å²) in [4.78, 5) is 44.8. The molecule has 4 aliphatic heterocycles. The Morgan fingerprint density at radius 2 is 1.92 bits per heavy atom. The number of aromatic nitrogens is 3. The Kier molecular flexibility index (Phi) is 8.92. The first-order valence-corrected chi connectivity index (χ1v) is 18.0. The predicted molar refractivity (Wildman–Crippen MR) is 192 cm³/mol. The molecule has 1 amide bonds. The number of benzene rings is 2. The molecule has 12 nitrogen and oxygen atoms in total. The van der Waals surface area contributed by atoms with Gasteiger partial charge in [0.05, 0.1) is 28.9 Å². The Hall–Kier alpha value is -5.29. The molecule has 8 rings (SSSR count). The Labute approximate surface area is 305 Å². The standard InChI is InChI=1S/C39H40F2N6O6/c1-4-23-7-5-8-24-13-28(48)14-29(31(23)24)33-32(41)34-30(16-42-33)35(44-37(43-34)51-20-39-11-6-12-46(39)17-25(40)15-39)45-18-26-9-10-27(19-45)47(26)38(50)53-21-52-36(49)22(2)3/h1,5,7-8,13-14,16,22,25-27,48H,6,9-12,15,17-21H2,2-3H3/t25-,26?,27?,39?/m1/s1. The largest absolute Gasteiger partial charge is 0.508 e. The van der Waals surface area contributed by atoms with Gasteiger partial charge in [-0.25, -0.2) is 13.6 Å². The zero-order valence-electron chi connectivity index (χ0n) is 29.6. The van der Waals surface area contributed by atoms with Gasteiger partial charge in [0.25, 0.3) is 0 Å². The maximum Gasteiger partial charge on any atom is 0.413 e. The Bertz CT molecular complexity index is 2150. The number of halogens is 2. The summed E-state index contributed by atoms with van der Waals surface area (Å²) in [5, 5.41) is 12.1. The minimum Gasteiger partial charge on any atom is -0.508 e. The fourth-order valence-corrected chi connectivity index (χ4v) is 8.63. The van der Waals surface area contributed by atoms with Gasteiger partial charge in [0.2, 0.25) is 6.79 Å². The highest BCUT2D eigenvalue weighted by Gasteiger charge is 2.50. The zero-order valence-corrected chi connectivity index (χ0v) is 29.6. The molecule has 4 aliphatic rings. The van der Waals surface area contributed by atoms with Crippen LogP contribution in [0.1, 0.15) is 51.5 Å². The average molecular weight is 727 g/mol. The summed E-state index contributed by atoms with van der Waals surface area (Å²) in [6, 6.07) is 7.72. The number of rotatable bonds is 8. The summed E-state index contributed by atoms with van der Waals surface area (Å²) in [5.74, 6) is 1.40. The number of amides is 1. The van der Waals surface area contributed by atoms with E-state index in [0.29, 0.717) is 72.0 Å². The van der Waals surface area contributed by atoms with Crippen LogP contribution in [0, 0.1) is 24.1 Å². The number of piperazine rings is 1. The van der Waals surface area contributed by atoms with Gasteiger partial charge in [0.1, 0.15) is 35.6 Å². The van der Waals surface area contributed by atoms with Crippen LogP contribution in [0.2, 0.25) is 0 Å². The first-order valence-electron chi connectivity index (χ1n) is 18.0. The monoisotopic (exact) mass is 726 g/mol. The van der Waals surface area contributed by atoms with Crippen molar-refractivity contribution in [3.8, 4) is 35.4 Å². The van der Waals surface area contributed by atoms with Crippen LogP contribution in [-0.4, -0.2) is 105 Å². The van der Waals surface area contributed by atoms with Gasteiger partial charge in [0.15, 0.2) is 5.82 Å². The molecule has 0 aliphatic carbocycles. The third-order valence-electron chi connectivity index (χ3n) is 11.1. The molecule has 0 saturated carbocycles. The lowest BCUT2D eigenvalue weighted by molar-refractivity contribution is -0.156. The summed E-state index contributed by atoms with van der Waals surface area (Å²) in [7, 11) is 0. The third kappa shape index (κ3) is 6.20. The maximum atomic E-state index is 17.0. The van der Waals surface area contributed by atoms with Gasteiger partial charge < -0.3 is 24.2 Å². The molecule has 3 unspecified atom stereocenters. The Balaban J connectivity index is 1.16. The Morgan fingerprint density at radius 1 is 1.13 bits per heavy atom. The number of phenols is 1. The first kappa shape index (κ1) is 34.8. The molecular weight excluding hydrogens is 686 g/mol. The second-order valence-corrected chi connectivity index (χ2v) is 14.8. The summed E-state index contributed by atoms with van der Waals surface area (Å²) < 4.78 is 48.3. The van der Waals surface area contributed by atoms with Crippen molar-refractivity contribution in [3.63, 3.8) is 0 Å². The number of alkyl halides is 1. The fraction of sp³-hybridized carbons (Fsp3) is 0.462. The molecule has 276 valence electrons. The van der Waals surface area contributed by atoms with Crippen molar-refractivity contribution in [1.29, 1.82) is 0 Å². The number of carbonyl (C=O) groups excluding carboxylic acids is 2. The van der Waals surface area contributed by atoms with E-state index >= 15 is 4.39 Å². The summed E-state index contributed by atoms with van der Waals surface area (Å²) in [6.07, 6.45) is 9.27. The number of hydrogen-bond acceptors (Lipinski definition) is 11. The normalized spacial score (nSPS) is 23.8. The van der Waals surface area contributed by atoms with Crippen LogP contribution in [0.5, 0.6) is 11.8 Å². The smallest absolute Gasteiger partial charge is 0.413 e. The highest BCUT2D eigenvalue weighted by Crippen LogP contribution is 2.42. The lowest BCUT2D eigenvalue weighted by atomic mass is 9.95. The number of esters is 1. The number of anilines is 1. The van der Waals surface area contributed by atoms with Crippen LogP contribution in [-0.2, 0) is 14.3 Å². The molecule has 0 radical (unpaired) electrons. The second-order valence-electron chi connectivity index (χ2n) is 14.8. The van der Waals surface area contributed by atoms with Gasteiger partial charge >= 0.3 is 18.1 Å². The first-order chi connectivity index (χ1) is 25.5. The zero-order chi connectivity index (χ0) is 37.0. The maximum absolute atomic E-state index is 17.0. The summed E-state index contributed by atoms with van der Waals surface area (Å²) in [5.41, 5.74) is 0.237. The highest BCUT2D eigenvalue weighted by atomic mass is 19.1. The third-order valence-corrected chi connectivity index (χ3v) is 11.1. The van der Waals surface area contributed by atoms with E-state index in [1.54, 1.807) is 43.0 Å². The minimum atomic E-state index is -0.955. The molecule has 2 bridgehead atoms. The van der Waals surface area contributed by atoms with Gasteiger partial charge in [0, 0.05) is 48.8 Å². The predicted octanol–water partition coefficient (Wildman–Crippen LogP) is 5.57. The van der Waals surface area contributed by atoms with E-state index in [4.69, 9.17) is 25.6 Å². The Morgan fingerprint density at radius 3 is 2.68 bits per heavy atom. The molecule has 6 heterocycles. The van der Waals surface area contributed by atoms with Gasteiger partial charge in [-0.2, -0.15) is 9.97 Å². The number of terminal acetylenes is 1. The molecule has 4 saturated heterocycles. The van der Waals surface area contributed by atoms with Crippen molar-refractivity contribution in [3.05, 3.63) is 47.9 Å². The van der Waals surface area contributed by atoms with Gasteiger partial charge in [-0.05, 0) is 55.8 Å². The van der Waals surface area contributed by atoms with Crippen LogP contribution in [0.3, 0.4) is 0 Å². The summed E-state index contributed by atoms with van der Waals surface area (Å²) >= 11 is 0. The van der Waals surface area contributed by atoms with Crippen LogP contribution in [0.25, 0.3) is 32.9 Å². The molecule has 1 N–H and O–H groups in total. The lowest BCUT2D eigenvalue weighted by Gasteiger charge is -2.41. The van der Waals surface area contributed by atoms with E-state index in [1.165, 1.54) is 12.3 Å². The number of pyridine rings is 1. The van der Waals surface area contributed by atoms with Crippen LogP contribution >= 0.6 is 0 Å². The van der Waals surface area contributed by atoms with Gasteiger partial charge in [-0.3, -0.25) is 19.6 Å². The van der Waals surface area contributed by atoms with Gasteiger partial charge in [-0.15, -0.1) is 6.42 Å². The number of fused-ring (bicyclic) bond motifs is 5. The lowest BCUT2D eigenvalue weighted by Crippen LogP contribution is -2.56. The van der Waals surface area contributed by atoms with E-state index in [9.17, 15) is 19.1 Å². The molecule has 0 spiro atoms. The SMILES string of the molecule is C#Cc1cccc2cc(O)cc(-c3ncc4c(N5CC6CCC(C5)N6C(=O)OCOC(=O)C(C)C)nc(OCC56CCCN5C[C@H](F)C6)nc4c3F)c12. The fourth-order valence-electron chi connectivity index (χ4n) is 8.63. The summed E-state index contributed by atoms with van der Waals surface area (Å²) in [6.45, 7) is 4.91. The number of aromatic hydroxyl groups is 1. The molecule has 53 heavy (non-hydrogen) atoms. The van der Waals surface area contributed by atoms with E-state index < -0.39 is 36.4 Å². The van der Waals surface area contributed by atoms with Crippen molar-refractivity contribution in [1.82, 2.24) is 24.8 Å². The van der Waals surface area contributed by atoms with Crippen LogP contribution in [0.4, 0.5) is 19.4 Å². The molecule has 14 heteroatoms. The van der Waals surface area contributed by atoms with E-state index in [0.717, 1.165) is 19.4 Å². The van der Waals surface area contributed by atoms with Crippen molar-refractivity contribution in [2.24, 2.45) is 5.92 Å².